The number of fused-ring (bicyclic) bond motifs is 1. The van der Waals surface area contributed by atoms with Crippen molar-refractivity contribution in [3.8, 4) is 0 Å². The van der Waals surface area contributed by atoms with E-state index in [4.69, 9.17) is 0 Å². The molecular formula is C18H27N. The summed E-state index contributed by atoms with van der Waals surface area (Å²) in [6.45, 7) is 7.23. The van der Waals surface area contributed by atoms with Crippen LogP contribution in [0.15, 0.2) is 18.2 Å². The smallest absolute Gasteiger partial charge is 0.0345 e. The molecule has 0 saturated heterocycles. The van der Waals surface area contributed by atoms with Crippen LogP contribution in [0.1, 0.15) is 57.6 Å². The van der Waals surface area contributed by atoms with Gasteiger partial charge in [0.15, 0.2) is 0 Å². The minimum absolute atomic E-state index is 0.537. The molecule has 1 aromatic rings. The van der Waals surface area contributed by atoms with Crippen LogP contribution >= 0.6 is 0 Å². The van der Waals surface area contributed by atoms with E-state index in [1.165, 1.54) is 44.2 Å². The summed E-state index contributed by atoms with van der Waals surface area (Å²) in [5.41, 5.74) is 5.03. The third-order valence-electron chi connectivity index (χ3n) is 5.14. The Balaban J connectivity index is 1.68. The van der Waals surface area contributed by atoms with Gasteiger partial charge in [0, 0.05) is 11.7 Å². The largest absolute Gasteiger partial charge is 0.382 e. The number of hydrogen-bond donors (Lipinski definition) is 1. The molecule has 1 fully saturated rings. The molecule has 2 aliphatic rings. The first kappa shape index (κ1) is 13.0. The van der Waals surface area contributed by atoms with Crippen LogP contribution in [0.3, 0.4) is 0 Å². The van der Waals surface area contributed by atoms with Crippen molar-refractivity contribution in [1.82, 2.24) is 0 Å². The zero-order valence-electron chi connectivity index (χ0n) is 12.6. The molecule has 0 spiro atoms. The number of hydrogen-bond acceptors (Lipinski definition) is 1. The van der Waals surface area contributed by atoms with Gasteiger partial charge in [-0.25, -0.2) is 0 Å². The van der Waals surface area contributed by atoms with E-state index in [1.807, 2.05) is 0 Å². The van der Waals surface area contributed by atoms with E-state index in [2.05, 4.69) is 44.3 Å². The summed E-state index contributed by atoms with van der Waals surface area (Å²) in [6, 6.07) is 7.68. The summed E-state index contributed by atoms with van der Waals surface area (Å²) < 4.78 is 0. The van der Waals surface area contributed by atoms with Crippen LogP contribution < -0.4 is 5.32 Å². The van der Waals surface area contributed by atoms with Gasteiger partial charge in [0.25, 0.3) is 0 Å². The molecule has 1 nitrogen and oxygen atoms in total. The predicted octanol–water partition coefficient (Wildman–Crippen LogP) is 4.80. The molecule has 0 amide bonds. The van der Waals surface area contributed by atoms with Crippen LogP contribution in [0.2, 0.25) is 0 Å². The number of anilines is 1. The maximum atomic E-state index is 3.80. The van der Waals surface area contributed by atoms with Crippen LogP contribution in [-0.4, -0.2) is 6.04 Å². The Morgan fingerprint density at radius 1 is 1.16 bits per heavy atom. The average molecular weight is 257 g/mol. The maximum absolute atomic E-state index is 3.80. The second-order valence-electron chi connectivity index (χ2n) is 7.47. The van der Waals surface area contributed by atoms with Crippen LogP contribution in [0, 0.1) is 11.3 Å². The van der Waals surface area contributed by atoms with Crippen molar-refractivity contribution in [2.45, 2.75) is 65.3 Å². The monoisotopic (exact) mass is 257 g/mol. The number of nitrogens with one attached hydrogen (secondary N) is 1. The highest BCUT2D eigenvalue weighted by Gasteiger charge is 2.32. The fourth-order valence-electron chi connectivity index (χ4n) is 4.04. The summed E-state index contributed by atoms with van der Waals surface area (Å²) in [6.07, 6.45) is 7.90. The minimum Gasteiger partial charge on any atom is -0.382 e. The highest BCUT2D eigenvalue weighted by Crippen LogP contribution is 2.39. The Bertz CT molecular complexity index is 461. The van der Waals surface area contributed by atoms with Crippen LogP contribution in [0.4, 0.5) is 5.69 Å². The van der Waals surface area contributed by atoms with Gasteiger partial charge in [-0.05, 0) is 73.1 Å². The highest BCUT2D eigenvalue weighted by atomic mass is 14.9. The summed E-state index contributed by atoms with van der Waals surface area (Å²) in [5, 5.41) is 3.80. The number of rotatable bonds is 2. The second-order valence-corrected chi connectivity index (χ2v) is 7.47. The lowest BCUT2D eigenvalue weighted by molar-refractivity contribution is 0.177. The van der Waals surface area contributed by atoms with Crippen LogP contribution in [0.5, 0.6) is 0 Å². The van der Waals surface area contributed by atoms with Crippen molar-refractivity contribution in [3.63, 3.8) is 0 Å². The predicted molar refractivity (Wildman–Crippen MR) is 82.7 cm³/mol. The van der Waals surface area contributed by atoms with E-state index in [1.54, 1.807) is 11.1 Å². The summed E-state index contributed by atoms with van der Waals surface area (Å²) in [4.78, 5) is 0. The highest BCUT2D eigenvalue weighted by molar-refractivity contribution is 5.50. The zero-order chi connectivity index (χ0) is 13.5. The van der Waals surface area contributed by atoms with Gasteiger partial charge in [-0.1, -0.05) is 26.8 Å². The molecular weight excluding hydrogens is 230 g/mol. The van der Waals surface area contributed by atoms with E-state index in [9.17, 15) is 0 Å². The van der Waals surface area contributed by atoms with E-state index in [-0.39, 0.29) is 0 Å². The summed E-state index contributed by atoms with van der Waals surface area (Å²) in [7, 11) is 0. The number of benzene rings is 1. The third kappa shape index (κ3) is 2.80. The first-order valence-electron chi connectivity index (χ1n) is 7.92. The fourth-order valence-corrected chi connectivity index (χ4v) is 4.04. The Hall–Kier alpha value is -0.980. The van der Waals surface area contributed by atoms with Crippen molar-refractivity contribution in [2.24, 2.45) is 11.3 Å². The summed E-state index contributed by atoms with van der Waals surface area (Å²) >= 11 is 0. The van der Waals surface area contributed by atoms with Crippen molar-refractivity contribution in [1.29, 1.82) is 0 Å². The van der Waals surface area contributed by atoms with Crippen molar-refractivity contribution in [2.75, 3.05) is 5.32 Å². The Labute approximate surface area is 117 Å². The molecule has 3 rings (SSSR count). The Morgan fingerprint density at radius 3 is 2.74 bits per heavy atom. The van der Waals surface area contributed by atoms with Crippen molar-refractivity contribution >= 4 is 5.69 Å². The van der Waals surface area contributed by atoms with Gasteiger partial charge in [-0.15, -0.1) is 0 Å². The third-order valence-corrected chi connectivity index (χ3v) is 5.14. The molecule has 2 aliphatic carbocycles. The van der Waals surface area contributed by atoms with Crippen LogP contribution in [0.25, 0.3) is 0 Å². The van der Waals surface area contributed by atoms with Gasteiger partial charge >= 0.3 is 0 Å². The molecule has 0 bridgehead atoms. The van der Waals surface area contributed by atoms with Gasteiger partial charge in [-0.2, -0.15) is 0 Å². The van der Waals surface area contributed by atoms with Gasteiger partial charge in [-0.3, -0.25) is 0 Å². The molecule has 0 radical (unpaired) electrons. The lowest BCUT2D eigenvalue weighted by Gasteiger charge is -2.40. The fraction of sp³-hybridized carbons (Fsp3) is 0.667. The van der Waals surface area contributed by atoms with E-state index in [0.717, 1.165) is 5.92 Å². The van der Waals surface area contributed by atoms with E-state index in [0.29, 0.717) is 11.5 Å². The molecule has 0 heterocycles. The topological polar surface area (TPSA) is 12.0 Å². The first-order chi connectivity index (χ1) is 9.03. The normalized spacial score (nSPS) is 29.0. The standard InChI is InChI=1S/C18H27N/c1-13-12-18(2,3)10-9-17(13)19-16-8-7-14-5-4-6-15(14)11-16/h7-8,11,13,17,19H,4-6,9-10,12H2,1-3H3. The molecule has 2 atom stereocenters. The molecule has 1 heteroatoms. The Kier molecular flexibility index (Phi) is 3.32. The average Bonchev–Trinajstić information content (AvgIpc) is 2.79. The molecule has 1 aromatic carbocycles. The molecule has 0 aliphatic heterocycles. The second kappa shape index (κ2) is 4.85. The van der Waals surface area contributed by atoms with Gasteiger partial charge in [0.05, 0.1) is 0 Å². The molecule has 19 heavy (non-hydrogen) atoms. The first-order valence-corrected chi connectivity index (χ1v) is 7.92. The van der Waals surface area contributed by atoms with Gasteiger partial charge in [0.2, 0.25) is 0 Å². The lowest BCUT2D eigenvalue weighted by atomic mass is 9.70. The molecule has 1 N–H and O–H groups in total. The SMILES string of the molecule is CC1CC(C)(C)CCC1Nc1ccc2c(c1)CCC2. The molecule has 104 valence electrons. The van der Waals surface area contributed by atoms with E-state index < -0.39 is 0 Å². The van der Waals surface area contributed by atoms with Gasteiger partial charge < -0.3 is 5.32 Å². The summed E-state index contributed by atoms with van der Waals surface area (Å²) in [5.74, 6) is 0.775. The zero-order valence-corrected chi connectivity index (χ0v) is 12.6. The maximum Gasteiger partial charge on any atom is 0.0345 e. The molecule has 1 saturated carbocycles. The lowest BCUT2D eigenvalue weighted by Crippen LogP contribution is -2.36. The van der Waals surface area contributed by atoms with Crippen molar-refractivity contribution in [3.05, 3.63) is 29.3 Å². The van der Waals surface area contributed by atoms with Crippen LogP contribution in [-0.2, 0) is 12.8 Å². The number of aryl methyl sites for hydroxylation is 2. The Morgan fingerprint density at radius 2 is 1.95 bits per heavy atom. The van der Waals surface area contributed by atoms with Gasteiger partial charge in [0.1, 0.15) is 0 Å². The van der Waals surface area contributed by atoms with Crippen molar-refractivity contribution < 1.29 is 0 Å². The minimum atomic E-state index is 0.537. The molecule has 2 unspecified atom stereocenters. The van der Waals surface area contributed by atoms with E-state index >= 15 is 0 Å². The molecule has 0 aromatic heterocycles. The quantitative estimate of drug-likeness (QED) is 0.802.